The predicted octanol–water partition coefficient (Wildman–Crippen LogP) is -0.604. The summed E-state index contributed by atoms with van der Waals surface area (Å²) in [5.41, 5.74) is 0. The normalized spacial score (nSPS) is 31.7. The van der Waals surface area contributed by atoms with Gasteiger partial charge in [-0.2, -0.15) is 0 Å². The maximum Gasteiger partial charge on any atom is 0.229 e. The molecule has 2 atom stereocenters. The number of hydrogen-bond acceptors (Lipinski definition) is 4. The van der Waals surface area contributed by atoms with E-state index in [1.54, 1.807) is 11.8 Å². The molecule has 0 aromatic heterocycles. The fourth-order valence-electron chi connectivity index (χ4n) is 3.43. The first kappa shape index (κ1) is 13.8. The quantitative estimate of drug-likeness (QED) is 0.644. The van der Waals surface area contributed by atoms with Crippen molar-refractivity contribution >= 4 is 11.8 Å². The zero-order valence-corrected chi connectivity index (χ0v) is 12.2. The van der Waals surface area contributed by atoms with Crippen molar-refractivity contribution in [3.8, 4) is 0 Å². The third-order valence-corrected chi connectivity index (χ3v) is 4.75. The van der Waals surface area contributed by atoms with E-state index in [0.717, 1.165) is 19.5 Å². The second kappa shape index (κ2) is 5.33. The monoisotopic (exact) mass is 281 g/mol. The number of morpholine rings is 1. The molecule has 0 bridgehead atoms. The highest BCUT2D eigenvalue weighted by molar-refractivity contribution is 5.84. The molecular weight excluding hydrogens is 258 g/mol. The van der Waals surface area contributed by atoms with E-state index in [0.29, 0.717) is 26.2 Å². The van der Waals surface area contributed by atoms with Gasteiger partial charge in [0.25, 0.3) is 0 Å². The Morgan fingerprint density at radius 1 is 1.15 bits per heavy atom. The van der Waals surface area contributed by atoms with E-state index in [4.69, 9.17) is 4.74 Å². The van der Waals surface area contributed by atoms with Gasteiger partial charge in [-0.05, 0) is 13.5 Å². The van der Waals surface area contributed by atoms with Crippen LogP contribution in [0.15, 0.2) is 0 Å². The summed E-state index contributed by atoms with van der Waals surface area (Å²) in [7, 11) is 2.09. The minimum Gasteiger partial charge on any atom is -0.374 e. The lowest BCUT2D eigenvalue weighted by Crippen LogP contribution is -2.64. The van der Waals surface area contributed by atoms with Crippen LogP contribution in [0.5, 0.6) is 0 Å². The Hall–Kier alpha value is -1.14. The molecule has 6 heteroatoms. The Labute approximate surface area is 119 Å². The summed E-state index contributed by atoms with van der Waals surface area (Å²) >= 11 is 0. The van der Waals surface area contributed by atoms with Gasteiger partial charge in [-0.1, -0.05) is 0 Å². The lowest BCUT2D eigenvalue weighted by Gasteiger charge is -2.49. The molecule has 0 aromatic carbocycles. The first-order chi connectivity index (χ1) is 9.56. The molecule has 0 radical (unpaired) electrons. The minimum atomic E-state index is -0.00937. The fourth-order valence-corrected chi connectivity index (χ4v) is 3.43. The predicted molar refractivity (Wildman–Crippen MR) is 73.1 cm³/mol. The van der Waals surface area contributed by atoms with Gasteiger partial charge in [-0.15, -0.1) is 0 Å². The van der Waals surface area contributed by atoms with Gasteiger partial charge in [0.1, 0.15) is 0 Å². The van der Waals surface area contributed by atoms with Crippen LogP contribution in [0, 0.1) is 5.92 Å². The molecule has 0 aliphatic carbocycles. The average molecular weight is 281 g/mol. The van der Waals surface area contributed by atoms with Crippen molar-refractivity contribution in [3.05, 3.63) is 0 Å². The molecule has 3 fully saturated rings. The van der Waals surface area contributed by atoms with Crippen LogP contribution >= 0.6 is 0 Å². The van der Waals surface area contributed by atoms with Crippen LogP contribution in [0.25, 0.3) is 0 Å². The number of likely N-dealkylation sites (tertiary alicyclic amines) is 2. The molecule has 0 N–H and O–H groups in total. The Morgan fingerprint density at radius 2 is 1.90 bits per heavy atom. The standard InChI is InChI=1S/C14H23N3O3/c1-10(18)16-7-11(8-16)14(19)17-5-6-20-13-3-4-15(2)9-12(13)17/h11-13H,3-9H2,1-2H3/t12-,13+/m1/s1. The lowest BCUT2D eigenvalue weighted by molar-refractivity contribution is -0.162. The van der Waals surface area contributed by atoms with E-state index in [1.165, 1.54) is 0 Å². The first-order valence-corrected chi connectivity index (χ1v) is 7.42. The Balaban J connectivity index is 1.63. The minimum absolute atomic E-state index is 0.00937. The molecular formula is C14H23N3O3. The van der Waals surface area contributed by atoms with Crippen LogP contribution in [-0.4, -0.2) is 85.0 Å². The molecule has 3 rings (SSSR count). The third kappa shape index (κ3) is 2.42. The Bertz CT molecular complexity index is 408. The number of rotatable bonds is 1. The highest BCUT2D eigenvalue weighted by atomic mass is 16.5. The number of amides is 2. The summed E-state index contributed by atoms with van der Waals surface area (Å²) in [6, 6.07) is 0.182. The van der Waals surface area contributed by atoms with Crippen molar-refractivity contribution in [1.82, 2.24) is 14.7 Å². The van der Waals surface area contributed by atoms with Crippen LogP contribution in [0.3, 0.4) is 0 Å². The summed E-state index contributed by atoms with van der Waals surface area (Å²) in [6.45, 7) is 5.97. The molecule has 2 amide bonds. The van der Waals surface area contributed by atoms with E-state index in [2.05, 4.69) is 11.9 Å². The maximum atomic E-state index is 12.6. The molecule has 20 heavy (non-hydrogen) atoms. The van der Waals surface area contributed by atoms with E-state index >= 15 is 0 Å². The van der Waals surface area contributed by atoms with Gasteiger partial charge >= 0.3 is 0 Å². The molecule has 0 unspecified atom stereocenters. The SMILES string of the molecule is CC(=O)N1CC(C(=O)N2CCO[C@H]3CCN(C)C[C@H]32)C1. The zero-order chi connectivity index (χ0) is 14.3. The number of carbonyl (C=O) groups is 2. The summed E-state index contributed by atoms with van der Waals surface area (Å²) in [5, 5.41) is 0. The van der Waals surface area contributed by atoms with Crippen molar-refractivity contribution in [2.45, 2.75) is 25.5 Å². The van der Waals surface area contributed by atoms with Gasteiger partial charge in [0.2, 0.25) is 11.8 Å². The number of ether oxygens (including phenoxy) is 1. The van der Waals surface area contributed by atoms with Gasteiger partial charge in [-0.25, -0.2) is 0 Å². The van der Waals surface area contributed by atoms with E-state index in [9.17, 15) is 9.59 Å². The topological polar surface area (TPSA) is 53.1 Å². The molecule has 0 spiro atoms. The van der Waals surface area contributed by atoms with Gasteiger partial charge in [-0.3, -0.25) is 9.59 Å². The highest BCUT2D eigenvalue weighted by Crippen LogP contribution is 2.26. The van der Waals surface area contributed by atoms with Crippen molar-refractivity contribution < 1.29 is 14.3 Å². The summed E-state index contributed by atoms with van der Waals surface area (Å²) in [6.07, 6.45) is 1.18. The van der Waals surface area contributed by atoms with Gasteiger partial charge in [0.05, 0.1) is 24.7 Å². The van der Waals surface area contributed by atoms with Crippen LogP contribution in [0.1, 0.15) is 13.3 Å². The van der Waals surface area contributed by atoms with Crippen LogP contribution in [0.4, 0.5) is 0 Å². The summed E-state index contributed by atoms with van der Waals surface area (Å²) < 4.78 is 5.82. The van der Waals surface area contributed by atoms with E-state index in [1.807, 2.05) is 4.90 Å². The number of piperidine rings is 1. The third-order valence-electron chi connectivity index (χ3n) is 4.75. The second-order valence-corrected chi connectivity index (χ2v) is 6.18. The molecule has 3 saturated heterocycles. The van der Waals surface area contributed by atoms with E-state index < -0.39 is 0 Å². The average Bonchev–Trinajstić information content (AvgIpc) is 2.35. The summed E-state index contributed by atoms with van der Waals surface area (Å²) in [5.74, 6) is 0.257. The number of nitrogens with zero attached hydrogens (tertiary/aromatic N) is 3. The van der Waals surface area contributed by atoms with Gasteiger partial charge < -0.3 is 19.4 Å². The highest BCUT2D eigenvalue weighted by Gasteiger charge is 2.43. The number of likely N-dealkylation sites (N-methyl/N-ethyl adjacent to an activating group) is 1. The smallest absolute Gasteiger partial charge is 0.229 e. The molecule has 3 aliphatic heterocycles. The first-order valence-electron chi connectivity index (χ1n) is 7.42. The van der Waals surface area contributed by atoms with Crippen molar-refractivity contribution in [2.24, 2.45) is 5.92 Å². The molecule has 0 aromatic rings. The van der Waals surface area contributed by atoms with Crippen molar-refractivity contribution in [2.75, 3.05) is 46.4 Å². The zero-order valence-electron chi connectivity index (χ0n) is 12.2. The number of hydrogen-bond donors (Lipinski definition) is 0. The van der Waals surface area contributed by atoms with Gasteiger partial charge in [0.15, 0.2) is 0 Å². The number of fused-ring (bicyclic) bond motifs is 1. The lowest BCUT2D eigenvalue weighted by atomic mass is 9.94. The van der Waals surface area contributed by atoms with Crippen molar-refractivity contribution in [1.29, 1.82) is 0 Å². The number of carbonyl (C=O) groups excluding carboxylic acids is 2. The van der Waals surface area contributed by atoms with Crippen molar-refractivity contribution in [3.63, 3.8) is 0 Å². The second-order valence-electron chi connectivity index (χ2n) is 6.18. The van der Waals surface area contributed by atoms with Crippen LogP contribution < -0.4 is 0 Å². The molecule has 112 valence electrons. The molecule has 3 aliphatic rings. The summed E-state index contributed by atoms with van der Waals surface area (Å²) in [4.78, 5) is 29.8. The van der Waals surface area contributed by atoms with Crippen LogP contribution in [0.2, 0.25) is 0 Å². The molecule has 3 heterocycles. The molecule has 0 saturated carbocycles. The Kier molecular flexibility index (Phi) is 3.69. The molecule has 6 nitrogen and oxygen atoms in total. The van der Waals surface area contributed by atoms with E-state index in [-0.39, 0.29) is 29.9 Å². The maximum absolute atomic E-state index is 12.6. The largest absolute Gasteiger partial charge is 0.374 e. The van der Waals surface area contributed by atoms with Crippen LogP contribution in [-0.2, 0) is 14.3 Å². The Morgan fingerprint density at radius 3 is 2.60 bits per heavy atom. The van der Waals surface area contributed by atoms with Gasteiger partial charge in [0, 0.05) is 39.6 Å². The fraction of sp³-hybridized carbons (Fsp3) is 0.857.